The molecule has 0 saturated carbocycles. The highest BCUT2D eigenvalue weighted by molar-refractivity contribution is 7.17. The summed E-state index contributed by atoms with van der Waals surface area (Å²) in [6.45, 7) is 10.1. The summed E-state index contributed by atoms with van der Waals surface area (Å²) in [6, 6.07) is 2.79. The number of hydrogen-bond donors (Lipinski definition) is 1. The zero-order valence-electron chi connectivity index (χ0n) is 17.6. The largest absolute Gasteiger partial charge is 0.336 e. The highest BCUT2D eigenvalue weighted by Gasteiger charge is 2.27. The molecule has 2 N–H and O–H groups in total. The Labute approximate surface area is 177 Å². The summed E-state index contributed by atoms with van der Waals surface area (Å²) in [4.78, 5) is 28.5. The van der Waals surface area contributed by atoms with E-state index in [-0.39, 0.29) is 11.9 Å². The molecular formula is C22H31N5OS. The van der Waals surface area contributed by atoms with Crippen molar-refractivity contribution in [2.24, 2.45) is 5.73 Å². The van der Waals surface area contributed by atoms with E-state index in [1.807, 2.05) is 24.2 Å². The predicted molar refractivity (Wildman–Crippen MR) is 117 cm³/mol. The Morgan fingerprint density at radius 1 is 1.17 bits per heavy atom. The van der Waals surface area contributed by atoms with Crippen molar-refractivity contribution in [3.63, 3.8) is 0 Å². The summed E-state index contributed by atoms with van der Waals surface area (Å²) in [5, 5.41) is 0. The Morgan fingerprint density at radius 2 is 1.86 bits per heavy atom. The van der Waals surface area contributed by atoms with Crippen molar-refractivity contribution in [3.8, 4) is 10.4 Å². The number of hydrogen-bond acceptors (Lipinski definition) is 6. The second-order valence-corrected chi connectivity index (χ2v) is 9.71. The fourth-order valence-corrected chi connectivity index (χ4v) is 5.42. The minimum Gasteiger partial charge on any atom is -0.336 e. The molecule has 7 heteroatoms. The number of piperidine rings is 1. The van der Waals surface area contributed by atoms with Gasteiger partial charge in [0.2, 0.25) is 0 Å². The Bertz CT molecular complexity index is 855. The van der Waals surface area contributed by atoms with Crippen molar-refractivity contribution in [3.05, 3.63) is 34.7 Å². The fraction of sp³-hybridized carbons (Fsp3) is 0.591. The molecule has 1 atom stereocenters. The number of thiophene rings is 1. The van der Waals surface area contributed by atoms with Crippen LogP contribution >= 0.6 is 11.3 Å². The van der Waals surface area contributed by atoms with E-state index in [2.05, 4.69) is 34.8 Å². The van der Waals surface area contributed by atoms with E-state index in [1.54, 1.807) is 0 Å². The van der Waals surface area contributed by atoms with Gasteiger partial charge in [0.05, 0.1) is 4.88 Å². The van der Waals surface area contributed by atoms with Gasteiger partial charge < -0.3 is 15.5 Å². The third-order valence-corrected chi connectivity index (χ3v) is 7.48. The molecule has 4 rings (SSSR count). The number of aryl methyl sites for hydroxylation is 1. The molecule has 4 heterocycles. The maximum Gasteiger partial charge on any atom is 0.264 e. The molecule has 0 aromatic carbocycles. The quantitative estimate of drug-likeness (QED) is 0.833. The average molecular weight is 414 g/mol. The molecule has 29 heavy (non-hydrogen) atoms. The normalized spacial score (nSPS) is 21.3. The smallest absolute Gasteiger partial charge is 0.264 e. The SMILES string of the molecule is Cc1cc(-c2cnc(C3CCN(C(C)C)CC3)nc2)sc1C(=O)N1CC[C@H](N)C1. The fourth-order valence-electron chi connectivity index (χ4n) is 4.30. The van der Waals surface area contributed by atoms with E-state index >= 15 is 0 Å². The summed E-state index contributed by atoms with van der Waals surface area (Å²) in [5.74, 6) is 1.49. The van der Waals surface area contributed by atoms with Gasteiger partial charge in [0.1, 0.15) is 5.82 Å². The average Bonchev–Trinajstić information content (AvgIpc) is 3.33. The van der Waals surface area contributed by atoms with Crippen LogP contribution in [0.5, 0.6) is 0 Å². The van der Waals surface area contributed by atoms with Gasteiger partial charge in [-0.05, 0) is 64.8 Å². The van der Waals surface area contributed by atoms with Gasteiger partial charge in [-0.3, -0.25) is 4.79 Å². The van der Waals surface area contributed by atoms with E-state index in [9.17, 15) is 4.79 Å². The topological polar surface area (TPSA) is 75.4 Å². The number of nitrogens with two attached hydrogens (primary N) is 1. The van der Waals surface area contributed by atoms with Gasteiger partial charge in [0, 0.05) is 53.9 Å². The minimum atomic E-state index is 0.0983. The number of aromatic nitrogens is 2. The van der Waals surface area contributed by atoms with Crippen LogP contribution in [-0.2, 0) is 0 Å². The third-order valence-electron chi connectivity index (χ3n) is 6.21. The van der Waals surface area contributed by atoms with Crippen LogP contribution in [0.4, 0.5) is 0 Å². The van der Waals surface area contributed by atoms with Crippen LogP contribution in [0.3, 0.4) is 0 Å². The summed E-state index contributed by atoms with van der Waals surface area (Å²) in [5.41, 5.74) is 7.96. The number of likely N-dealkylation sites (tertiary alicyclic amines) is 2. The highest BCUT2D eigenvalue weighted by Crippen LogP contribution is 2.33. The lowest BCUT2D eigenvalue weighted by molar-refractivity contribution is 0.0795. The number of amides is 1. The first-order valence-electron chi connectivity index (χ1n) is 10.6. The second kappa shape index (κ2) is 8.50. The molecule has 2 saturated heterocycles. The van der Waals surface area contributed by atoms with Crippen molar-refractivity contribution < 1.29 is 4.79 Å². The molecule has 2 aliphatic rings. The molecule has 6 nitrogen and oxygen atoms in total. The lowest BCUT2D eigenvalue weighted by Gasteiger charge is -2.33. The van der Waals surface area contributed by atoms with E-state index in [0.717, 1.165) is 65.6 Å². The van der Waals surface area contributed by atoms with Gasteiger partial charge in [-0.25, -0.2) is 9.97 Å². The minimum absolute atomic E-state index is 0.0983. The Hall–Kier alpha value is -1.83. The van der Waals surface area contributed by atoms with Gasteiger partial charge in [-0.2, -0.15) is 0 Å². The van der Waals surface area contributed by atoms with E-state index in [1.165, 1.54) is 11.3 Å². The number of nitrogens with zero attached hydrogens (tertiary/aromatic N) is 4. The summed E-state index contributed by atoms with van der Waals surface area (Å²) < 4.78 is 0. The second-order valence-electron chi connectivity index (χ2n) is 8.66. The first-order valence-corrected chi connectivity index (χ1v) is 11.5. The highest BCUT2D eigenvalue weighted by atomic mass is 32.1. The van der Waals surface area contributed by atoms with Crippen molar-refractivity contribution in [2.75, 3.05) is 26.2 Å². The Kier molecular flexibility index (Phi) is 5.99. The molecular weight excluding hydrogens is 382 g/mol. The van der Waals surface area contributed by atoms with Gasteiger partial charge in [0.25, 0.3) is 5.91 Å². The number of carbonyl (C=O) groups excluding carboxylic acids is 1. The van der Waals surface area contributed by atoms with Gasteiger partial charge in [-0.15, -0.1) is 11.3 Å². The van der Waals surface area contributed by atoms with Crippen LogP contribution < -0.4 is 5.73 Å². The van der Waals surface area contributed by atoms with Crippen LogP contribution in [-0.4, -0.2) is 63.9 Å². The van der Waals surface area contributed by atoms with Crippen LogP contribution in [0, 0.1) is 6.92 Å². The summed E-state index contributed by atoms with van der Waals surface area (Å²) >= 11 is 1.54. The monoisotopic (exact) mass is 413 g/mol. The molecule has 0 bridgehead atoms. The van der Waals surface area contributed by atoms with Crippen molar-refractivity contribution in [1.82, 2.24) is 19.8 Å². The zero-order valence-corrected chi connectivity index (χ0v) is 18.4. The van der Waals surface area contributed by atoms with Crippen LogP contribution in [0.15, 0.2) is 18.5 Å². The maximum absolute atomic E-state index is 12.8. The standard InChI is InChI=1S/C22H31N5OS/c1-14(2)26-7-4-16(5-8-26)21-24-11-17(12-25-21)19-10-15(3)20(29-19)22(28)27-9-6-18(23)13-27/h10-12,14,16,18H,4-9,13,23H2,1-3H3/t18-/m0/s1. The summed E-state index contributed by atoms with van der Waals surface area (Å²) in [7, 11) is 0. The van der Waals surface area contributed by atoms with E-state index in [0.29, 0.717) is 18.5 Å². The predicted octanol–water partition coefficient (Wildman–Crippen LogP) is 3.27. The molecule has 2 aromatic rings. The third kappa shape index (κ3) is 4.37. The summed E-state index contributed by atoms with van der Waals surface area (Å²) in [6.07, 6.45) is 6.96. The van der Waals surface area contributed by atoms with Gasteiger partial charge >= 0.3 is 0 Å². The molecule has 0 spiro atoms. The Balaban J connectivity index is 1.45. The lowest BCUT2D eigenvalue weighted by Crippen LogP contribution is -2.38. The van der Waals surface area contributed by atoms with Gasteiger partial charge in [-0.1, -0.05) is 0 Å². The molecule has 0 radical (unpaired) electrons. The van der Waals surface area contributed by atoms with E-state index < -0.39 is 0 Å². The molecule has 2 aliphatic heterocycles. The van der Waals surface area contributed by atoms with Crippen molar-refractivity contribution in [1.29, 1.82) is 0 Å². The molecule has 0 unspecified atom stereocenters. The van der Waals surface area contributed by atoms with Crippen molar-refractivity contribution in [2.45, 2.75) is 58.0 Å². The number of carbonyl (C=O) groups is 1. The molecule has 156 valence electrons. The first kappa shape index (κ1) is 20.4. The van der Waals surface area contributed by atoms with E-state index in [4.69, 9.17) is 5.73 Å². The molecule has 1 amide bonds. The zero-order chi connectivity index (χ0) is 20.5. The lowest BCUT2D eigenvalue weighted by atomic mass is 9.95. The van der Waals surface area contributed by atoms with Crippen LogP contribution in [0.2, 0.25) is 0 Å². The molecule has 2 fully saturated rings. The van der Waals surface area contributed by atoms with Crippen LogP contribution in [0.25, 0.3) is 10.4 Å². The number of rotatable bonds is 4. The van der Waals surface area contributed by atoms with Gasteiger partial charge in [0.15, 0.2) is 0 Å². The Morgan fingerprint density at radius 3 is 2.45 bits per heavy atom. The van der Waals surface area contributed by atoms with Crippen molar-refractivity contribution >= 4 is 17.2 Å². The first-order chi connectivity index (χ1) is 13.9. The molecule has 0 aliphatic carbocycles. The van der Waals surface area contributed by atoms with Crippen LogP contribution in [0.1, 0.15) is 60.1 Å². The molecule has 2 aromatic heterocycles. The maximum atomic E-state index is 12.8.